The monoisotopic (exact) mass is 510 g/mol. The third-order valence-corrected chi connectivity index (χ3v) is 4.48. The maximum absolute atomic E-state index is 5.60. The summed E-state index contributed by atoms with van der Waals surface area (Å²) in [5.41, 5.74) is 2.56. The number of halogens is 1. The van der Waals surface area contributed by atoms with Gasteiger partial charge in [-0.25, -0.2) is 0 Å². The van der Waals surface area contributed by atoms with Gasteiger partial charge in [0.05, 0.1) is 6.26 Å². The largest absolute Gasteiger partial charge is 0.467 e. The van der Waals surface area contributed by atoms with E-state index in [1.54, 1.807) is 6.26 Å². The Morgan fingerprint density at radius 3 is 2.86 bits per heavy atom. The highest BCUT2D eigenvalue weighted by Crippen LogP contribution is 2.18. The second kappa shape index (κ2) is 13.3. The summed E-state index contributed by atoms with van der Waals surface area (Å²) in [6.07, 6.45) is 6.73. The summed E-state index contributed by atoms with van der Waals surface area (Å²) >= 11 is 0. The average molecular weight is 510 g/mol. The van der Waals surface area contributed by atoms with Crippen molar-refractivity contribution in [1.82, 2.24) is 15.6 Å². The van der Waals surface area contributed by atoms with Gasteiger partial charge in [-0.1, -0.05) is 18.2 Å². The number of hydrogen-bond donors (Lipinski definition) is 3. The number of rotatable bonds is 11. The van der Waals surface area contributed by atoms with Crippen molar-refractivity contribution in [3.63, 3.8) is 0 Å². The summed E-state index contributed by atoms with van der Waals surface area (Å²) in [7, 11) is 0. The van der Waals surface area contributed by atoms with Gasteiger partial charge >= 0.3 is 0 Å². The van der Waals surface area contributed by atoms with Gasteiger partial charge in [0.2, 0.25) is 0 Å². The maximum atomic E-state index is 5.60. The molecule has 3 N–H and O–H groups in total. The van der Waals surface area contributed by atoms with Crippen LogP contribution >= 0.6 is 24.0 Å². The van der Waals surface area contributed by atoms with Crippen LogP contribution in [-0.4, -0.2) is 37.2 Å². The van der Waals surface area contributed by atoms with Crippen molar-refractivity contribution in [2.45, 2.75) is 32.8 Å². The van der Waals surface area contributed by atoms with E-state index in [0.29, 0.717) is 13.2 Å². The Kier molecular flexibility index (Phi) is 10.6. The van der Waals surface area contributed by atoms with E-state index in [-0.39, 0.29) is 24.0 Å². The zero-order valence-corrected chi connectivity index (χ0v) is 19.3. The molecule has 0 aliphatic rings. The summed E-state index contributed by atoms with van der Waals surface area (Å²) in [6, 6.07) is 12.2. The van der Waals surface area contributed by atoms with Crippen LogP contribution in [0.2, 0.25) is 0 Å². The number of benzene rings is 1. The number of guanidine groups is 1. The molecule has 0 aliphatic heterocycles. The lowest BCUT2D eigenvalue weighted by molar-refractivity contribution is 0.105. The number of furan rings is 1. The molecule has 0 unspecified atom stereocenters. The molecule has 0 radical (unpaired) electrons. The molecule has 7 heteroatoms. The lowest BCUT2D eigenvalue weighted by Gasteiger charge is -2.11. The highest BCUT2D eigenvalue weighted by Gasteiger charge is 2.03. The van der Waals surface area contributed by atoms with E-state index in [1.165, 1.54) is 16.5 Å². The molecule has 0 saturated carbocycles. The number of hydrogen-bond acceptors (Lipinski definition) is 3. The summed E-state index contributed by atoms with van der Waals surface area (Å²) in [5.74, 6) is 1.73. The molecule has 0 spiro atoms. The Labute approximate surface area is 189 Å². The number of para-hydroxylation sites is 1. The van der Waals surface area contributed by atoms with Crippen LogP contribution < -0.4 is 10.6 Å². The Morgan fingerprint density at radius 2 is 2.03 bits per heavy atom. The van der Waals surface area contributed by atoms with Crippen molar-refractivity contribution in [2.24, 2.45) is 4.99 Å². The van der Waals surface area contributed by atoms with Crippen molar-refractivity contribution >= 4 is 40.8 Å². The Bertz CT molecular complexity index is 846. The second-order valence-corrected chi connectivity index (χ2v) is 6.64. The zero-order valence-electron chi connectivity index (χ0n) is 16.9. The van der Waals surface area contributed by atoms with Gasteiger partial charge in [-0.3, -0.25) is 4.99 Å². The van der Waals surface area contributed by atoms with Crippen LogP contribution in [-0.2, 0) is 17.8 Å². The average Bonchev–Trinajstić information content (AvgIpc) is 3.38. The van der Waals surface area contributed by atoms with E-state index >= 15 is 0 Å². The zero-order chi connectivity index (χ0) is 19.4. The van der Waals surface area contributed by atoms with Gasteiger partial charge in [0.25, 0.3) is 0 Å². The van der Waals surface area contributed by atoms with Crippen LogP contribution in [0.3, 0.4) is 0 Å². The van der Waals surface area contributed by atoms with Gasteiger partial charge in [-0.2, -0.15) is 0 Å². The van der Waals surface area contributed by atoms with Crippen LogP contribution in [0.4, 0.5) is 0 Å². The molecule has 0 bridgehead atoms. The minimum Gasteiger partial charge on any atom is -0.467 e. The van der Waals surface area contributed by atoms with Crippen molar-refractivity contribution in [1.29, 1.82) is 0 Å². The minimum atomic E-state index is 0. The topological polar surface area (TPSA) is 74.6 Å². The first-order chi connectivity index (χ1) is 13.9. The molecule has 3 aromatic rings. The number of ether oxygens (including phenoxy) is 1. The van der Waals surface area contributed by atoms with E-state index in [2.05, 4.69) is 58.0 Å². The summed E-state index contributed by atoms with van der Waals surface area (Å²) < 4.78 is 10.8. The first kappa shape index (κ1) is 23.3. The Hall–Kier alpha value is -2.00. The summed E-state index contributed by atoms with van der Waals surface area (Å²) in [5, 5.41) is 7.97. The molecule has 3 rings (SSSR count). The molecule has 0 fully saturated rings. The molecule has 158 valence electrons. The van der Waals surface area contributed by atoms with Crippen molar-refractivity contribution < 1.29 is 9.15 Å². The first-order valence-electron chi connectivity index (χ1n) is 10.0. The Morgan fingerprint density at radius 1 is 1.14 bits per heavy atom. The van der Waals surface area contributed by atoms with Crippen LogP contribution in [0, 0.1) is 0 Å². The van der Waals surface area contributed by atoms with Crippen LogP contribution in [0.25, 0.3) is 10.9 Å². The smallest absolute Gasteiger partial charge is 0.191 e. The van der Waals surface area contributed by atoms with Crippen LogP contribution in [0.15, 0.2) is 58.3 Å². The van der Waals surface area contributed by atoms with E-state index in [0.717, 1.165) is 50.6 Å². The molecule has 0 aliphatic carbocycles. The fraction of sp³-hybridized carbons (Fsp3) is 0.409. The second-order valence-electron chi connectivity index (χ2n) is 6.64. The number of aromatic nitrogens is 1. The molecular formula is C22H31IN4O2. The van der Waals surface area contributed by atoms with Crippen molar-refractivity contribution in [3.05, 3.63) is 60.2 Å². The third-order valence-electron chi connectivity index (χ3n) is 4.48. The van der Waals surface area contributed by atoms with Gasteiger partial charge in [-0.15, -0.1) is 24.0 Å². The maximum Gasteiger partial charge on any atom is 0.191 e. The normalized spacial score (nSPS) is 11.4. The van der Waals surface area contributed by atoms with Crippen molar-refractivity contribution in [2.75, 3.05) is 26.2 Å². The first-order valence-corrected chi connectivity index (χ1v) is 10.0. The molecule has 29 heavy (non-hydrogen) atoms. The third kappa shape index (κ3) is 7.74. The number of aromatic amines is 1. The molecule has 2 aromatic heterocycles. The quantitative estimate of drug-likeness (QED) is 0.154. The Balaban J connectivity index is 0.00000300. The predicted octanol–water partition coefficient (Wildman–Crippen LogP) is 4.47. The predicted molar refractivity (Wildman–Crippen MR) is 129 cm³/mol. The number of fused-ring (bicyclic) bond motifs is 1. The number of aliphatic imine (C=N–C) groups is 1. The number of nitrogens with one attached hydrogen (secondary N) is 3. The van der Waals surface area contributed by atoms with Crippen LogP contribution in [0.5, 0.6) is 0 Å². The lowest BCUT2D eigenvalue weighted by Crippen LogP contribution is -2.38. The minimum absolute atomic E-state index is 0. The van der Waals surface area contributed by atoms with Gasteiger partial charge < -0.3 is 24.8 Å². The number of nitrogens with zero attached hydrogens (tertiary/aromatic N) is 1. The van der Waals surface area contributed by atoms with E-state index in [4.69, 9.17) is 9.15 Å². The molecule has 0 saturated heterocycles. The SMILES string of the molecule is CCNC(=NCCCc1c[nH]c2ccccc12)NCCCOCc1ccco1.I. The molecule has 0 amide bonds. The summed E-state index contributed by atoms with van der Waals surface area (Å²) in [6.45, 7) is 5.76. The standard InChI is InChI=1S/C22H30N4O2.HI/c1-2-23-22(25-13-7-14-27-17-19-9-6-15-28-19)24-12-5-8-18-16-26-21-11-4-3-10-20(18)21;/h3-4,6,9-11,15-16,26H,2,5,7-8,12-14,17H2,1H3,(H2,23,24,25);1H. The fourth-order valence-electron chi connectivity index (χ4n) is 3.09. The lowest BCUT2D eigenvalue weighted by atomic mass is 10.1. The van der Waals surface area contributed by atoms with E-state index in [1.807, 2.05) is 12.1 Å². The van der Waals surface area contributed by atoms with Gasteiger partial charge in [0, 0.05) is 43.3 Å². The molecule has 6 nitrogen and oxygen atoms in total. The fourth-order valence-corrected chi connectivity index (χ4v) is 3.09. The summed E-state index contributed by atoms with van der Waals surface area (Å²) in [4.78, 5) is 8.01. The van der Waals surface area contributed by atoms with Gasteiger partial charge in [0.15, 0.2) is 5.96 Å². The highest BCUT2D eigenvalue weighted by molar-refractivity contribution is 14.0. The molecule has 1 aromatic carbocycles. The molecular weight excluding hydrogens is 479 g/mol. The molecule has 0 atom stereocenters. The van der Waals surface area contributed by atoms with E-state index < -0.39 is 0 Å². The molecule has 2 heterocycles. The van der Waals surface area contributed by atoms with E-state index in [9.17, 15) is 0 Å². The van der Waals surface area contributed by atoms with Gasteiger partial charge in [-0.05, 0) is 49.9 Å². The highest BCUT2D eigenvalue weighted by atomic mass is 127. The van der Waals surface area contributed by atoms with Gasteiger partial charge in [0.1, 0.15) is 12.4 Å². The number of H-pyrrole nitrogens is 1. The van der Waals surface area contributed by atoms with Crippen molar-refractivity contribution in [3.8, 4) is 0 Å². The number of aryl methyl sites for hydroxylation is 1. The van der Waals surface area contributed by atoms with Crippen LogP contribution in [0.1, 0.15) is 31.1 Å².